The van der Waals surface area contributed by atoms with E-state index < -0.39 is 0 Å². The lowest BCUT2D eigenvalue weighted by Crippen LogP contribution is -2.49. The van der Waals surface area contributed by atoms with Crippen LogP contribution in [-0.2, 0) is 4.79 Å². The Bertz CT molecular complexity index is 244. The van der Waals surface area contributed by atoms with Crippen LogP contribution < -0.4 is 10.6 Å². The highest BCUT2D eigenvalue weighted by Crippen LogP contribution is 2.25. The van der Waals surface area contributed by atoms with Gasteiger partial charge < -0.3 is 15.7 Å². The number of aliphatic hydroxyl groups is 1. The van der Waals surface area contributed by atoms with Crippen molar-refractivity contribution < 1.29 is 9.90 Å². The first kappa shape index (κ1) is 15.4. The lowest BCUT2D eigenvalue weighted by molar-refractivity contribution is -0.131. The third kappa shape index (κ3) is 4.58. The fourth-order valence-corrected chi connectivity index (χ4v) is 2.64. The monoisotopic (exact) mass is 256 g/mol. The van der Waals surface area contributed by atoms with Crippen LogP contribution >= 0.6 is 0 Å². The lowest BCUT2D eigenvalue weighted by atomic mass is 9.82. The summed E-state index contributed by atoms with van der Waals surface area (Å²) in [5.41, 5.74) is -0.256. The van der Waals surface area contributed by atoms with Gasteiger partial charge in [0.25, 0.3) is 0 Å². The molecule has 4 nitrogen and oxygen atoms in total. The molecule has 0 aromatic heterocycles. The molecule has 2 unspecified atom stereocenters. The Labute approximate surface area is 111 Å². The van der Waals surface area contributed by atoms with E-state index >= 15 is 0 Å². The number of carbonyl (C=O) groups excluding carboxylic acids is 1. The molecule has 18 heavy (non-hydrogen) atoms. The quantitative estimate of drug-likeness (QED) is 0.643. The molecule has 1 amide bonds. The highest BCUT2D eigenvalue weighted by Gasteiger charge is 2.34. The SMILES string of the molecule is CCCC(CCO)CNC(=O)C1(C)CCCNC1. The summed E-state index contributed by atoms with van der Waals surface area (Å²) in [5, 5.41) is 15.4. The molecule has 1 fully saturated rings. The summed E-state index contributed by atoms with van der Waals surface area (Å²) in [5.74, 6) is 0.567. The zero-order valence-corrected chi connectivity index (χ0v) is 11.8. The van der Waals surface area contributed by atoms with Crippen LogP contribution in [0.15, 0.2) is 0 Å². The van der Waals surface area contributed by atoms with Crippen molar-refractivity contribution in [1.29, 1.82) is 0 Å². The van der Waals surface area contributed by atoms with Gasteiger partial charge in [-0.2, -0.15) is 0 Å². The molecule has 1 aliphatic heterocycles. The van der Waals surface area contributed by atoms with Gasteiger partial charge in [0.2, 0.25) is 5.91 Å². The number of hydrogen-bond acceptors (Lipinski definition) is 3. The second-order valence-electron chi connectivity index (χ2n) is 5.72. The van der Waals surface area contributed by atoms with Gasteiger partial charge in [-0.3, -0.25) is 4.79 Å². The summed E-state index contributed by atoms with van der Waals surface area (Å²) in [6.07, 6.45) is 4.97. The average molecular weight is 256 g/mol. The van der Waals surface area contributed by atoms with Crippen molar-refractivity contribution in [3.63, 3.8) is 0 Å². The van der Waals surface area contributed by atoms with E-state index in [1.165, 1.54) is 0 Å². The van der Waals surface area contributed by atoms with Crippen LogP contribution in [0.4, 0.5) is 0 Å². The van der Waals surface area contributed by atoms with Crippen LogP contribution in [0.2, 0.25) is 0 Å². The molecule has 0 aliphatic carbocycles. The van der Waals surface area contributed by atoms with Gasteiger partial charge >= 0.3 is 0 Å². The topological polar surface area (TPSA) is 61.4 Å². The zero-order chi connectivity index (χ0) is 13.4. The minimum absolute atomic E-state index is 0.161. The average Bonchev–Trinajstić information content (AvgIpc) is 2.37. The van der Waals surface area contributed by atoms with Crippen LogP contribution in [0.3, 0.4) is 0 Å². The maximum absolute atomic E-state index is 12.2. The van der Waals surface area contributed by atoms with E-state index in [1.54, 1.807) is 0 Å². The molecule has 1 saturated heterocycles. The molecule has 2 atom stereocenters. The maximum Gasteiger partial charge on any atom is 0.227 e. The Kier molecular flexibility index (Phi) is 6.65. The van der Waals surface area contributed by atoms with Crippen molar-refractivity contribution in [3.05, 3.63) is 0 Å². The number of hydrogen-bond donors (Lipinski definition) is 3. The summed E-state index contributed by atoms with van der Waals surface area (Å²) in [6.45, 7) is 6.87. The van der Waals surface area contributed by atoms with Gasteiger partial charge in [-0.15, -0.1) is 0 Å². The van der Waals surface area contributed by atoms with Gasteiger partial charge in [0.1, 0.15) is 0 Å². The fourth-order valence-electron chi connectivity index (χ4n) is 2.64. The van der Waals surface area contributed by atoms with Gasteiger partial charge in [0.05, 0.1) is 5.41 Å². The molecule has 106 valence electrons. The van der Waals surface area contributed by atoms with Crippen LogP contribution in [0.1, 0.15) is 46.0 Å². The highest BCUT2D eigenvalue weighted by atomic mass is 16.3. The number of nitrogens with one attached hydrogen (secondary N) is 2. The lowest BCUT2D eigenvalue weighted by Gasteiger charge is -2.33. The van der Waals surface area contributed by atoms with Crippen molar-refractivity contribution in [2.24, 2.45) is 11.3 Å². The van der Waals surface area contributed by atoms with Crippen LogP contribution in [0, 0.1) is 11.3 Å². The summed E-state index contributed by atoms with van der Waals surface area (Å²) < 4.78 is 0. The van der Waals surface area contributed by atoms with Crippen molar-refractivity contribution in [1.82, 2.24) is 10.6 Å². The first-order valence-corrected chi connectivity index (χ1v) is 7.22. The van der Waals surface area contributed by atoms with E-state index in [0.717, 1.165) is 45.2 Å². The molecule has 0 aromatic carbocycles. The summed E-state index contributed by atoms with van der Waals surface area (Å²) in [6, 6.07) is 0. The minimum atomic E-state index is -0.256. The second-order valence-corrected chi connectivity index (χ2v) is 5.72. The zero-order valence-electron chi connectivity index (χ0n) is 11.8. The Balaban J connectivity index is 2.38. The molecule has 3 N–H and O–H groups in total. The number of carbonyl (C=O) groups is 1. The largest absolute Gasteiger partial charge is 0.396 e. The van der Waals surface area contributed by atoms with Gasteiger partial charge in [-0.05, 0) is 45.1 Å². The van der Waals surface area contributed by atoms with Gasteiger partial charge in [-0.1, -0.05) is 13.3 Å². The third-order valence-electron chi connectivity index (χ3n) is 3.93. The van der Waals surface area contributed by atoms with E-state index in [2.05, 4.69) is 17.6 Å². The first-order chi connectivity index (χ1) is 8.62. The first-order valence-electron chi connectivity index (χ1n) is 7.22. The summed E-state index contributed by atoms with van der Waals surface area (Å²) >= 11 is 0. The van der Waals surface area contributed by atoms with E-state index in [4.69, 9.17) is 5.11 Å². The number of aliphatic hydroxyl groups excluding tert-OH is 1. The second kappa shape index (κ2) is 7.74. The molecule has 0 bridgehead atoms. The molecule has 0 aromatic rings. The van der Waals surface area contributed by atoms with Gasteiger partial charge in [-0.25, -0.2) is 0 Å². The molecule has 1 aliphatic rings. The minimum Gasteiger partial charge on any atom is -0.396 e. The third-order valence-corrected chi connectivity index (χ3v) is 3.93. The molecule has 0 spiro atoms. The van der Waals surface area contributed by atoms with Crippen LogP contribution in [0.25, 0.3) is 0 Å². The Morgan fingerprint density at radius 1 is 1.50 bits per heavy atom. The van der Waals surface area contributed by atoms with Crippen molar-refractivity contribution >= 4 is 5.91 Å². The molecular formula is C14H28N2O2. The predicted octanol–water partition coefficient (Wildman–Crippen LogP) is 1.29. The molecule has 1 rings (SSSR count). The summed E-state index contributed by atoms with van der Waals surface area (Å²) in [7, 11) is 0. The Hall–Kier alpha value is -0.610. The molecule has 0 saturated carbocycles. The standard InChI is InChI=1S/C14H28N2O2/c1-3-5-12(6-9-17)10-16-13(18)14(2)7-4-8-15-11-14/h12,15,17H,3-11H2,1-2H3,(H,16,18). The van der Waals surface area contributed by atoms with E-state index in [-0.39, 0.29) is 17.9 Å². The molecule has 4 heteroatoms. The fraction of sp³-hybridized carbons (Fsp3) is 0.929. The van der Waals surface area contributed by atoms with Crippen LogP contribution in [0.5, 0.6) is 0 Å². The molecule has 1 heterocycles. The van der Waals surface area contributed by atoms with Crippen molar-refractivity contribution in [3.8, 4) is 0 Å². The van der Waals surface area contributed by atoms with E-state index in [9.17, 15) is 4.79 Å². The highest BCUT2D eigenvalue weighted by molar-refractivity contribution is 5.82. The van der Waals surface area contributed by atoms with Crippen LogP contribution in [-0.4, -0.2) is 37.3 Å². The Morgan fingerprint density at radius 3 is 2.83 bits per heavy atom. The number of amides is 1. The molecular weight excluding hydrogens is 228 g/mol. The predicted molar refractivity (Wildman–Crippen MR) is 73.3 cm³/mol. The number of rotatable bonds is 7. The van der Waals surface area contributed by atoms with Gasteiger partial charge in [0.15, 0.2) is 0 Å². The normalized spacial score (nSPS) is 25.7. The van der Waals surface area contributed by atoms with Crippen molar-refractivity contribution in [2.75, 3.05) is 26.2 Å². The van der Waals surface area contributed by atoms with E-state index in [1.807, 2.05) is 6.92 Å². The maximum atomic E-state index is 12.2. The smallest absolute Gasteiger partial charge is 0.227 e. The number of piperidine rings is 1. The van der Waals surface area contributed by atoms with E-state index in [0.29, 0.717) is 12.5 Å². The summed E-state index contributed by atoms with van der Waals surface area (Å²) in [4.78, 5) is 12.2. The van der Waals surface area contributed by atoms with Crippen molar-refractivity contribution in [2.45, 2.75) is 46.0 Å². The molecule has 0 radical (unpaired) electrons. The Morgan fingerprint density at radius 2 is 2.28 bits per heavy atom. The van der Waals surface area contributed by atoms with Gasteiger partial charge in [0, 0.05) is 19.7 Å².